The fraction of sp³-hybridized carbons (Fsp3) is 0.286. The smallest absolute Gasteiger partial charge is 0.214 e. The van der Waals surface area contributed by atoms with E-state index in [1.165, 1.54) is 0 Å². The van der Waals surface area contributed by atoms with Crippen molar-refractivity contribution in [2.24, 2.45) is 0 Å². The van der Waals surface area contributed by atoms with Gasteiger partial charge < -0.3 is 4.74 Å². The van der Waals surface area contributed by atoms with E-state index in [-0.39, 0.29) is 18.1 Å². The molecular formula is C7H8BrNO. The number of nitrogens with zero attached hydrogens (tertiary/aromatic N) is 1. The van der Waals surface area contributed by atoms with Gasteiger partial charge in [-0.1, -0.05) is 15.9 Å². The Bertz CT molecular complexity index is 392. The van der Waals surface area contributed by atoms with Crippen LogP contribution >= 0.6 is 15.9 Å². The molecule has 1 heterocycles. The summed E-state index contributed by atoms with van der Waals surface area (Å²) < 4.78 is 40.4. The van der Waals surface area contributed by atoms with Crippen molar-refractivity contribution in [1.82, 2.24) is 4.98 Å². The molecule has 0 N–H and O–H groups in total. The molecule has 0 amide bonds. The van der Waals surface area contributed by atoms with Gasteiger partial charge in [0, 0.05) is 16.7 Å². The first-order valence-corrected chi connectivity index (χ1v) is 3.34. The van der Waals surface area contributed by atoms with Crippen molar-refractivity contribution in [3.8, 4) is 5.88 Å². The SMILES string of the molecule is [2H]c1nc(OC([2H])([2H])[2H])c([2H])c(Br)c1C. The average molecular weight is 207 g/mol. The van der Waals surface area contributed by atoms with Crippen molar-refractivity contribution >= 4 is 15.9 Å². The summed E-state index contributed by atoms with van der Waals surface area (Å²) in [7, 11) is -2.66. The highest BCUT2D eigenvalue weighted by molar-refractivity contribution is 9.10. The van der Waals surface area contributed by atoms with Gasteiger partial charge in [-0.3, -0.25) is 0 Å². The van der Waals surface area contributed by atoms with Crippen LogP contribution in [0.4, 0.5) is 0 Å². The number of ether oxygens (including phenoxy) is 1. The lowest BCUT2D eigenvalue weighted by atomic mass is 10.3. The number of pyridine rings is 1. The molecule has 0 radical (unpaired) electrons. The van der Waals surface area contributed by atoms with Crippen LogP contribution in [-0.2, 0) is 0 Å². The quantitative estimate of drug-likeness (QED) is 0.703. The fourth-order valence-electron chi connectivity index (χ4n) is 0.448. The number of hydrogen-bond donors (Lipinski definition) is 0. The summed E-state index contributed by atoms with van der Waals surface area (Å²) in [6, 6.07) is -0.167. The third-order valence-electron chi connectivity index (χ3n) is 0.968. The zero-order valence-electron chi connectivity index (χ0n) is 10.2. The second-order valence-electron chi connectivity index (χ2n) is 1.69. The van der Waals surface area contributed by atoms with Crippen LogP contribution in [0.25, 0.3) is 0 Å². The van der Waals surface area contributed by atoms with Crippen LogP contribution in [0.5, 0.6) is 5.88 Å². The van der Waals surface area contributed by atoms with E-state index in [1.807, 2.05) is 0 Å². The van der Waals surface area contributed by atoms with Crippen LogP contribution in [0, 0.1) is 6.92 Å². The van der Waals surface area contributed by atoms with Crippen molar-refractivity contribution < 1.29 is 11.6 Å². The molecule has 10 heavy (non-hydrogen) atoms. The minimum Gasteiger partial charge on any atom is -0.481 e. The Labute approximate surface area is 75.4 Å². The highest BCUT2D eigenvalue weighted by Crippen LogP contribution is 2.18. The topological polar surface area (TPSA) is 22.1 Å². The van der Waals surface area contributed by atoms with Gasteiger partial charge >= 0.3 is 0 Å². The highest BCUT2D eigenvalue weighted by atomic mass is 79.9. The molecule has 2 nitrogen and oxygen atoms in total. The van der Waals surface area contributed by atoms with E-state index in [2.05, 4.69) is 25.7 Å². The maximum Gasteiger partial charge on any atom is 0.214 e. The predicted octanol–water partition coefficient (Wildman–Crippen LogP) is 2.16. The van der Waals surface area contributed by atoms with Crippen molar-refractivity contribution in [1.29, 1.82) is 0 Å². The Morgan fingerprint density at radius 2 is 2.70 bits per heavy atom. The first-order chi connectivity index (χ1) is 6.72. The van der Waals surface area contributed by atoms with Crippen molar-refractivity contribution in [3.05, 3.63) is 22.3 Å². The lowest BCUT2D eigenvalue weighted by molar-refractivity contribution is 0.397. The Balaban J connectivity index is 3.21. The molecule has 1 rings (SSSR count). The maximum absolute atomic E-state index is 7.55. The van der Waals surface area contributed by atoms with E-state index in [0.717, 1.165) is 0 Å². The van der Waals surface area contributed by atoms with Gasteiger partial charge in [0.25, 0.3) is 0 Å². The van der Waals surface area contributed by atoms with Gasteiger partial charge in [0.15, 0.2) is 0 Å². The van der Waals surface area contributed by atoms with Crippen LogP contribution in [0.3, 0.4) is 0 Å². The molecule has 0 spiro atoms. The fourth-order valence-corrected chi connectivity index (χ4v) is 0.706. The molecule has 0 bridgehead atoms. The molecule has 0 atom stereocenters. The number of aromatic nitrogens is 1. The lowest BCUT2D eigenvalue weighted by Crippen LogP contribution is -1.87. The molecule has 0 aliphatic heterocycles. The summed E-state index contributed by atoms with van der Waals surface area (Å²) >= 11 is 3.08. The Morgan fingerprint density at radius 3 is 3.40 bits per heavy atom. The Hall–Kier alpha value is -0.570. The van der Waals surface area contributed by atoms with E-state index in [0.29, 0.717) is 10.0 Å². The Morgan fingerprint density at radius 1 is 1.90 bits per heavy atom. The number of hydrogen-bond acceptors (Lipinski definition) is 2. The van der Waals surface area contributed by atoms with Crippen molar-refractivity contribution in [2.45, 2.75) is 6.92 Å². The van der Waals surface area contributed by atoms with Gasteiger partial charge in [-0.05, 0) is 12.5 Å². The van der Waals surface area contributed by atoms with Crippen LogP contribution in [0.2, 0.25) is 0 Å². The van der Waals surface area contributed by atoms with E-state index in [1.54, 1.807) is 6.92 Å². The molecule has 1 aromatic rings. The lowest BCUT2D eigenvalue weighted by Gasteiger charge is -1.99. The zero-order chi connectivity index (χ0) is 11.8. The number of methoxy groups -OCH3 is 1. The zero-order valence-corrected chi connectivity index (χ0v) is 6.82. The summed E-state index contributed by atoms with van der Waals surface area (Å²) in [5.41, 5.74) is 0.470. The largest absolute Gasteiger partial charge is 0.481 e. The van der Waals surface area contributed by atoms with Gasteiger partial charge in [-0.15, -0.1) is 0 Å². The first-order valence-electron chi connectivity index (χ1n) is 5.04. The summed E-state index contributed by atoms with van der Waals surface area (Å²) in [6.45, 7) is 1.61. The summed E-state index contributed by atoms with van der Waals surface area (Å²) in [6.07, 6.45) is -0.114. The van der Waals surface area contributed by atoms with Gasteiger partial charge in [0.05, 0.1) is 13.9 Å². The maximum atomic E-state index is 7.55. The predicted molar refractivity (Wildman–Crippen MR) is 43.2 cm³/mol. The summed E-state index contributed by atoms with van der Waals surface area (Å²) in [4.78, 5) is 3.59. The normalized spacial score (nSPS) is 18.0. The van der Waals surface area contributed by atoms with E-state index < -0.39 is 7.04 Å². The van der Waals surface area contributed by atoms with Crippen molar-refractivity contribution in [3.63, 3.8) is 0 Å². The standard InChI is InChI=1S/C7H8BrNO/c1-5-4-9-7(10-2)3-6(5)8/h3-4H,1-2H3/i2D3,3D,4D. The Kier molecular flexibility index (Phi) is 0.969. The van der Waals surface area contributed by atoms with Gasteiger partial charge in [-0.25, -0.2) is 4.98 Å². The van der Waals surface area contributed by atoms with Crippen molar-refractivity contribution in [2.75, 3.05) is 7.04 Å². The molecule has 1 aromatic heterocycles. The minimum absolute atomic E-state index is 0.114. The molecule has 0 saturated carbocycles. The number of halogens is 1. The molecule has 0 aliphatic rings. The highest BCUT2D eigenvalue weighted by Gasteiger charge is 1.96. The molecule has 54 valence electrons. The summed E-state index contributed by atoms with van der Waals surface area (Å²) in [5.74, 6) is -0.363. The molecular weight excluding hydrogens is 194 g/mol. The molecule has 0 aromatic carbocycles. The third-order valence-corrected chi connectivity index (χ3v) is 1.76. The van der Waals surface area contributed by atoms with E-state index in [9.17, 15) is 0 Å². The third kappa shape index (κ3) is 1.48. The van der Waals surface area contributed by atoms with Crippen LogP contribution in [0.15, 0.2) is 16.7 Å². The van der Waals surface area contributed by atoms with Crippen LogP contribution < -0.4 is 4.74 Å². The molecule has 0 aliphatic carbocycles. The monoisotopic (exact) mass is 206 g/mol. The van der Waals surface area contributed by atoms with Gasteiger partial charge in [0.1, 0.15) is 0 Å². The number of rotatable bonds is 1. The van der Waals surface area contributed by atoms with E-state index >= 15 is 0 Å². The first kappa shape index (κ1) is 3.22. The molecule has 0 fully saturated rings. The average Bonchev–Trinajstić information content (AvgIpc) is 2.08. The second-order valence-corrected chi connectivity index (χ2v) is 2.49. The second kappa shape index (κ2) is 3.01. The van der Waals surface area contributed by atoms with Crippen LogP contribution in [0.1, 0.15) is 12.4 Å². The van der Waals surface area contributed by atoms with E-state index in [4.69, 9.17) is 6.85 Å². The molecule has 0 unspecified atom stereocenters. The molecule has 0 saturated heterocycles. The van der Waals surface area contributed by atoms with Crippen LogP contribution in [-0.4, -0.2) is 12.0 Å². The van der Waals surface area contributed by atoms with Gasteiger partial charge in [0.2, 0.25) is 5.88 Å². The minimum atomic E-state index is -2.66. The molecule has 3 heteroatoms. The summed E-state index contributed by atoms with van der Waals surface area (Å²) in [5, 5.41) is 0. The van der Waals surface area contributed by atoms with Gasteiger partial charge in [-0.2, -0.15) is 0 Å².